The maximum atomic E-state index is 10.3. The van der Waals surface area contributed by atoms with E-state index < -0.39 is 11.9 Å². The molecule has 0 aliphatic heterocycles. The molecule has 1 aromatic heterocycles. The number of carboxylic acid groups (broad SMARTS) is 2. The van der Waals surface area contributed by atoms with Gasteiger partial charge in [-0.1, -0.05) is 0 Å². The number of hydrogen-bond acceptors (Lipinski definition) is 4. The molecule has 82 valence electrons. The van der Waals surface area contributed by atoms with Crippen LogP contribution in [0, 0.1) is 0 Å². The lowest BCUT2D eigenvalue weighted by Crippen LogP contribution is -2.09. The van der Waals surface area contributed by atoms with Crippen LogP contribution >= 0.6 is 0 Å². The predicted octanol–water partition coefficient (Wildman–Crippen LogP) is -0.146. The van der Waals surface area contributed by atoms with Crippen LogP contribution in [0.5, 0.6) is 0 Å². The molecule has 0 fully saturated rings. The summed E-state index contributed by atoms with van der Waals surface area (Å²) in [6.45, 7) is 0.0781. The fraction of sp³-hybridized carbons (Fsp3) is 0.375. The topological polar surface area (TPSA) is 104 Å². The van der Waals surface area contributed by atoms with Gasteiger partial charge in [0, 0.05) is 12.7 Å². The molecule has 0 saturated carbocycles. The van der Waals surface area contributed by atoms with Gasteiger partial charge in [0.25, 0.3) is 0 Å². The van der Waals surface area contributed by atoms with E-state index in [2.05, 4.69) is 10.4 Å². The molecule has 0 saturated heterocycles. The number of hydrogen-bond donors (Lipinski definition) is 3. The lowest BCUT2D eigenvalue weighted by molar-refractivity contribution is -0.138. The molecular formula is C8H11N3O4. The number of rotatable bonds is 6. The van der Waals surface area contributed by atoms with Crippen LogP contribution in [-0.4, -0.2) is 38.5 Å². The number of aliphatic carboxylic acids is 2. The standard InChI is InChI=1S/C8H11N3O4/c12-7(13)1-2-9-6-3-10-11(4-6)5-8(14)15/h3-4,9H,1-2,5H2,(H,12,13)(H,14,15). The first kappa shape index (κ1) is 11.0. The van der Waals surface area contributed by atoms with Crippen LogP contribution in [0.15, 0.2) is 12.4 Å². The molecule has 1 rings (SSSR count). The Morgan fingerprint density at radius 2 is 2.13 bits per heavy atom. The highest BCUT2D eigenvalue weighted by molar-refractivity contribution is 5.67. The van der Waals surface area contributed by atoms with Crippen molar-refractivity contribution in [2.75, 3.05) is 11.9 Å². The van der Waals surface area contributed by atoms with Crippen molar-refractivity contribution in [1.29, 1.82) is 0 Å². The van der Waals surface area contributed by atoms with Gasteiger partial charge in [-0.05, 0) is 0 Å². The zero-order valence-electron chi connectivity index (χ0n) is 7.88. The summed E-state index contributed by atoms with van der Waals surface area (Å²) < 4.78 is 1.26. The van der Waals surface area contributed by atoms with E-state index in [1.807, 2.05) is 0 Å². The number of anilines is 1. The van der Waals surface area contributed by atoms with Crippen molar-refractivity contribution in [3.8, 4) is 0 Å². The third kappa shape index (κ3) is 4.12. The van der Waals surface area contributed by atoms with Crippen LogP contribution in [0.4, 0.5) is 5.69 Å². The summed E-state index contributed by atoms with van der Waals surface area (Å²) in [6, 6.07) is 0. The van der Waals surface area contributed by atoms with E-state index in [0.717, 1.165) is 0 Å². The van der Waals surface area contributed by atoms with Crippen LogP contribution in [0.1, 0.15) is 6.42 Å². The number of carboxylic acids is 2. The third-order valence-electron chi connectivity index (χ3n) is 1.60. The van der Waals surface area contributed by atoms with E-state index in [1.165, 1.54) is 17.1 Å². The molecule has 15 heavy (non-hydrogen) atoms. The molecule has 0 aliphatic carbocycles. The molecular weight excluding hydrogens is 202 g/mol. The zero-order valence-corrected chi connectivity index (χ0v) is 7.88. The van der Waals surface area contributed by atoms with Gasteiger partial charge in [-0.25, -0.2) is 0 Å². The fourth-order valence-electron chi connectivity index (χ4n) is 0.994. The first-order chi connectivity index (χ1) is 7.08. The molecule has 0 spiro atoms. The zero-order chi connectivity index (χ0) is 11.3. The maximum Gasteiger partial charge on any atom is 0.325 e. The minimum atomic E-state index is -0.977. The smallest absolute Gasteiger partial charge is 0.325 e. The monoisotopic (exact) mass is 213 g/mol. The Balaban J connectivity index is 2.39. The van der Waals surface area contributed by atoms with Crippen LogP contribution in [-0.2, 0) is 16.1 Å². The fourth-order valence-corrected chi connectivity index (χ4v) is 0.994. The predicted molar refractivity (Wildman–Crippen MR) is 50.6 cm³/mol. The second-order valence-corrected chi connectivity index (χ2v) is 2.89. The molecule has 1 aromatic rings. The highest BCUT2D eigenvalue weighted by Crippen LogP contribution is 2.04. The van der Waals surface area contributed by atoms with E-state index in [4.69, 9.17) is 10.2 Å². The average molecular weight is 213 g/mol. The quantitative estimate of drug-likeness (QED) is 0.607. The van der Waals surface area contributed by atoms with Crippen molar-refractivity contribution in [1.82, 2.24) is 9.78 Å². The summed E-state index contributed by atoms with van der Waals surface area (Å²) in [5.74, 6) is -1.87. The van der Waals surface area contributed by atoms with Gasteiger partial charge in [0.1, 0.15) is 6.54 Å². The number of nitrogens with zero attached hydrogens (tertiary/aromatic N) is 2. The van der Waals surface area contributed by atoms with Gasteiger partial charge < -0.3 is 15.5 Å². The second kappa shape index (κ2) is 4.99. The molecule has 0 atom stereocenters. The van der Waals surface area contributed by atoms with E-state index in [1.54, 1.807) is 0 Å². The summed E-state index contributed by atoms with van der Waals surface area (Å²) in [7, 11) is 0. The first-order valence-electron chi connectivity index (χ1n) is 4.28. The molecule has 1 heterocycles. The highest BCUT2D eigenvalue weighted by atomic mass is 16.4. The number of carbonyl (C=O) groups is 2. The number of nitrogens with one attached hydrogen (secondary N) is 1. The first-order valence-corrected chi connectivity index (χ1v) is 4.28. The van der Waals surface area contributed by atoms with Gasteiger partial charge in [0.05, 0.1) is 18.3 Å². The maximum absolute atomic E-state index is 10.3. The minimum Gasteiger partial charge on any atom is -0.481 e. The Kier molecular flexibility index (Phi) is 3.67. The van der Waals surface area contributed by atoms with Crippen LogP contribution in [0.2, 0.25) is 0 Å². The van der Waals surface area contributed by atoms with Gasteiger partial charge >= 0.3 is 11.9 Å². The van der Waals surface area contributed by atoms with Crippen LogP contribution < -0.4 is 5.32 Å². The Bertz CT molecular complexity index is 361. The largest absolute Gasteiger partial charge is 0.481 e. The van der Waals surface area contributed by atoms with E-state index in [9.17, 15) is 9.59 Å². The second-order valence-electron chi connectivity index (χ2n) is 2.89. The lowest BCUT2D eigenvalue weighted by Gasteiger charge is -1.99. The summed E-state index contributed by atoms with van der Waals surface area (Å²) in [5.41, 5.74) is 0.609. The summed E-state index contributed by atoms with van der Waals surface area (Å²) in [6.07, 6.45) is 2.96. The van der Waals surface area contributed by atoms with Gasteiger partial charge in [-0.15, -0.1) is 0 Å². The highest BCUT2D eigenvalue weighted by Gasteiger charge is 2.02. The molecule has 0 amide bonds. The number of aromatic nitrogens is 2. The van der Waals surface area contributed by atoms with Crippen molar-refractivity contribution in [3.63, 3.8) is 0 Å². The molecule has 7 nitrogen and oxygen atoms in total. The van der Waals surface area contributed by atoms with Gasteiger partial charge in [0.2, 0.25) is 0 Å². The van der Waals surface area contributed by atoms with Crippen molar-refractivity contribution in [3.05, 3.63) is 12.4 Å². The Hall–Kier alpha value is -2.05. The molecule has 7 heteroatoms. The molecule has 0 aromatic carbocycles. The SMILES string of the molecule is O=C(O)CCNc1cnn(CC(=O)O)c1. The normalized spacial score (nSPS) is 9.87. The van der Waals surface area contributed by atoms with Gasteiger partial charge in [-0.2, -0.15) is 5.10 Å². The Morgan fingerprint density at radius 1 is 1.40 bits per heavy atom. The van der Waals surface area contributed by atoms with Crippen molar-refractivity contribution in [2.24, 2.45) is 0 Å². The van der Waals surface area contributed by atoms with Crippen LogP contribution in [0.25, 0.3) is 0 Å². The van der Waals surface area contributed by atoms with Crippen LogP contribution in [0.3, 0.4) is 0 Å². The Morgan fingerprint density at radius 3 is 2.73 bits per heavy atom. The summed E-state index contributed by atoms with van der Waals surface area (Å²) in [4.78, 5) is 20.5. The Labute approximate surface area is 85.3 Å². The minimum absolute atomic E-state index is 0.00408. The van der Waals surface area contributed by atoms with E-state index >= 15 is 0 Å². The third-order valence-corrected chi connectivity index (χ3v) is 1.60. The molecule has 0 aliphatic rings. The average Bonchev–Trinajstić information content (AvgIpc) is 2.50. The molecule has 0 radical (unpaired) electrons. The van der Waals surface area contributed by atoms with E-state index in [0.29, 0.717) is 5.69 Å². The van der Waals surface area contributed by atoms with Crippen molar-refractivity contribution < 1.29 is 19.8 Å². The van der Waals surface area contributed by atoms with E-state index in [-0.39, 0.29) is 19.5 Å². The van der Waals surface area contributed by atoms with Crippen molar-refractivity contribution in [2.45, 2.75) is 13.0 Å². The summed E-state index contributed by atoms with van der Waals surface area (Å²) in [5, 5.41) is 23.4. The summed E-state index contributed by atoms with van der Waals surface area (Å²) >= 11 is 0. The molecule has 0 unspecified atom stereocenters. The van der Waals surface area contributed by atoms with Gasteiger partial charge in [-0.3, -0.25) is 14.3 Å². The molecule has 0 bridgehead atoms. The lowest BCUT2D eigenvalue weighted by atomic mass is 10.4. The molecule has 3 N–H and O–H groups in total. The van der Waals surface area contributed by atoms with Crippen molar-refractivity contribution >= 4 is 17.6 Å². The van der Waals surface area contributed by atoms with Gasteiger partial charge in [0.15, 0.2) is 0 Å².